The predicted molar refractivity (Wildman–Crippen MR) is 104 cm³/mol. The minimum atomic E-state index is -0.121. The molecule has 0 saturated carbocycles. The van der Waals surface area contributed by atoms with Gasteiger partial charge in [0.25, 0.3) is 5.91 Å². The Balaban J connectivity index is 1.56. The van der Waals surface area contributed by atoms with Gasteiger partial charge in [0.15, 0.2) is 0 Å². The minimum absolute atomic E-state index is 0.0155. The Labute approximate surface area is 161 Å². The second kappa shape index (κ2) is 9.71. The number of likely N-dealkylation sites (tertiary alicyclic amines) is 1. The third-order valence-electron chi connectivity index (χ3n) is 5.32. The van der Waals surface area contributed by atoms with E-state index in [1.807, 2.05) is 23.1 Å². The molecular weight excluding hydrogens is 344 g/mol. The zero-order valence-electron chi connectivity index (χ0n) is 16.1. The number of hydrogen-bond donors (Lipinski definition) is 2. The quantitative estimate of drug-likeness (QED) is 0.818. The summed E-state index contributed by atoms with van der Waals surface area (Å²) < 4.78 is 5.42. The van der Waals surface area contributed by atoms with Gasteiger partial charge in [-0.1, -0.05) is 12.1 Å². The number of carbonyl (C=O) groups excluding carboxylic acids is 2. The van der Waals surface area contributed by atoms with Gasteiger partial charge in [-0.2, -0.15) is 0 Å². The van der Waals surface area contributed by atoms with Crippen LogP contribution in [0.4, 0.5) is 4.79 Å². The highest BCUT2D eigenvalue weighted by atomic mass is 16.5. The zero-order chi connectivity index (χ0) is 19.1. The lowest BCUT2D eigenvalue weighted by Gasteiger charge is -2.39. The van der Waals surface area contributed by atoms with Crippen LogP contribution in [0.15, 0.2) is 24.3 Å². The Morgan fingerprint density at radius 3 is 2.78 bits per heavy atom. The molecule has 2 heterocycles. The van der Waals surface area contributed by atoms with Gasteiger partial charge >= 0.3 is 6.03 Å². The summed E-state index contributed by atoms with van der Waals surface area (Å²) in [5.74, 6) is -0.121. The summed E-state index contributed by atoms with van der Waals surface area (Å²) >= 11 is 0. The Morgan fingerprint density at radius 1 is 1.19 bits per heavy atom. The van der Waals surface area contributed by atoms with Gasteiger partial charge in [-0.3, -0.25) is 9.69 Å². The number of ether oxygens (including phenoxy) is 1. The van der Waals surface area contributed by atoms with Gasteiger partial charge in [0.05, 0.1) is 13.2 Å². The summed E-state index contributed by atoms with van der Waals surface area (Å²) in [5, 5.41) is 5.65. The maximum atomic E-state index is 12.8. The third kappa shape index (κ3) is 5.43. The normalized spacial score (nSPS) is 20.9. The van der Waals surface area contributed by atoms with Gasteiger partial charge < -0.3 is 20.3 Å². The zero-order valence-corrected chi connectivity index (χ0v) is 16.1. The molecule has 2 N–H and O–H groups in total. The molecule has 1 aromatic rings. The summed E-state index contributed by atoms with van der Waals surface area (Å²) in [6.45, 7) is 5.59. The van der Waals surface area contributed by atoms with Crippen molar-refractivity contribution in [3.63, 3.8) is 0 Å². The van der Waals surface area contributed by atoms with Crippen LogP contribution in [0.25, 0.3) is 0 Å². The second-order valence-corrected chi connectivity index (χ2v) is 7.19. The molecule has 7 heteroatoms. The van der Waals surface area contributed by atoms with Gasteiger partial charge in [-0.15, -0.1) is 0 Å². The smallest absolute Gasteiger partial charge is 0.317 e. The van der Waals surface area contributed by atoms with E-state index in [-0.39, 0.29) is 18.0 Å². The fourth-order valence-corrected chi connectivity index (χ4v) is 3.79. The number of nitrogens with one attached hydrogen (secondary N) is 2. The standard InChI is InChI=1S/C20H30N4O3/c1-21-19(25)17-6-4-5-16(13-17)14-22-20(26)24-8-3-2-7-18(24)15-23-9-11-27-12-10-23/h4-6,13,18H,2-3,7-12,14-15H2,1H3,(H,21,25)(H,22,26)/t18-/m1/s1. The van der Waals surface area contributed by atoms with Crippen LogP contribution in [0.1, 0.15) is 35.2 Å². The largest absolute Gasteiger partial charge is 0.379 e. The number of hydrogen-bond acceptors (Lipinski definition) is 4. The number of carbonyl (C=O) groups is 2. The molecule has 0 unspecified atom stereocenters. The molecule has 3 rings (SSSR count). The fourth-order valence-electron chi connectivity index (χ4n) is 3.79. The molecule has 148 valence electrons. The van der Waals surface area contributed by atoms with Crippen LogP contribution in [0.5, 0.6) is 0 Å². The van der Waals surface area contributed by atoms with Gasteiger partial charge in [0.2, 0.25) is 0 Å². The van der Waals surface area contributed by atoms with Crippen molar-refractivity contribution >= 4 is 11.9 Å². The first-order chi connectivity index (χ1) is 13.2. The molecule has 0 aliphatic carbocycles. The van der Waals surface area contributed by atoms with Crippen molar-refractivity contribution in [2.75, 3.05) is 46.4 Å². The fraction of sp³-hybridized carbons (Fsp3) is 0.600. The van der Waals surface area contributed by atoms with Crippen LogP contribution in [0, 0.1) is 0 Å². The number of benzene rings is 1. The van der Waals surface area contributed by atoms with E-state index in [9.17, 15) is 9.59 Å². The van der Waals surface area contributed by atoms with Crippen LogP contribution in [0.3, 0.4) is 0 Å². The molecule has 0 bridgehead atoms. The summed E-state index contributed by atoms with van der Waals surface area (Å²) in [5.41, 5.74) is 1.53. The maximum Gasteiger partial charge on any atom is 0.317 e. The lowest BCUT2D eigenvalue weighted by Crippen LogP contribution is -2.53. The van der Waals surface area contributed by atoms with Crippen LogP contribution >= 0.6 is 0 Å². The van der Waals surface area contributed by atoms with Crippen molar-refractivity contribution in [3.05, 3.63) is 35.4 Å². The van der Waals surface area contributed by atoms with Crippen molar-refractivity contribution < 1.29 is 14.3 Å². The van der Waals surface area contributed by atoms with Crippen LogP contribution in [-0.4, -0.2) is 74.2 Å². The number of morpholine rings is 1. The second-order valence-electron chi connectivity index (χ2n) is 7.19. The predicted octanol–water partition coefficient (Wildman–Crippen LogP) is 1.44. The monoisotopic (exact) mass is 374 g/mol. The van der Waals surface area contributed by atoms with Crippen molar-refractivity contribution in [3.8, 4) is 0 Å². The first-order valence-corrected chi connectivity index (χ1v) is 9.83. The molecule has 2 fully saturated rings. The number of piperidine rings is 1. The molecule has 7 nitrogen and oxygen atoms in total. The van der Waals surface area contributed by atoms with Crippen LogP contribution in [-0.2, 0) is 11.3 Å². The molecule has 2 aliphatic rings. The summed E-state index contributed by atoms with van der Waals surface area (Å²) in [7, 11) is 1.61. The average Bonchev–Trinajstić information content (AvgIpc) is 2.73. The molecule has 0 spiro atoms. The molecule has 0 aromatic heterocycles. The first-order valence-electron chi connectivity index (χ1n) is 9.83. The van der Waals surface area contributed by atoms with Crippen LogP contribution < -0.4 is 10.6 Å². The average molecular weight is 374 g/mol. The highest BCUT2D eigenvalue weighted by Gasteiger charge is 2.28. The molecule has 2 aliphatic heterocycles. The number of amides is 3. The maximum absolute atomic E-state index is 12.8. The molecule has 27 heavy (non-hydrogen) atoms. The van der Waals surface area contributed by atoms with E-state index in [2.05, 4.69) is 15.5 Å². The molecule has 2 saturated heterocycles. The summed E-state index contributed by atoms with van der Waals surface area (Å²) in [6, 6.07) is 7.60. The van der Waals surface area contributed by atoms with E-state index < -0.39 is 0 Å². The molecular formula is C20H30N4O3. The van der Waals surface area contributed by atoms with Gasteiger partial charge in [-0.05, 0) is 37.0 Å². The Kier molecular flexibility index (Phi) is 7.06. The third-order valence-corrected chi connectivity index (χ3v) is 5.32. The summed E-state index contributed by atoms with van der Waals surface area (Å²) in [4.78, 5) is 28.9. The van der Waals surface area contributed by atoms with Crippen molar-refractivity contribution in [1.82, 2.24) is 20.4 Å². The van der Waals surface area contributed by atoms with Crippen molar-refractivity contribution in [2.45, 2.75) is 31.8 Å². The van der Waals surface area contributed by atoms with Gasteiger partial charge in [-0.25, -0.2) is 4.79 Å². The molecule has 1 atom stereocenters. The minimum Gasteiger partial charge on any atom is -0.379 e. The lowest BCUT2D eigenvalue weighted by atomic mass is 10.0. The molecule has 0 radical (unpaired) electrons. The summed E-state index contributed by atoms with van der Waals surface area (Å²) in [6.07, 6.45) is 3.28. The van der Waals surface area contributed by atoms with Gasteiger partial charge in [0.1, 0.15) is 0 Å². The number of nitrogens with zero attached hydrogens (tertiary/aromatic N) is 2. The Hall–Kier alpha value is -2.12. The first kappa shape index (κ1) is 19.6. The van der Waals surface area contributed by atoms with Crippen molar-refractivity contribution in [1.29, 1.82) is 0 Å². The van der Waals surface area contributed by atoms with E-state index in [4.69, 9.17) is 4.74 Å². The highest BCUT2D eigenvalue weighted by Crippen LogP contribution is 2.19. The van der Waals surface area contributed by atoms with E-state index in [0.29, 0.717) is 12.1 Å². The van der Waals surface area contributed by atoms with E-state index >= 15 is 0 Å². The van der Waals surface area contributed by atoms with Crippen molar-refractivity contribution in [2.24, 2.45) is 0 Å². The van der Waals surface area contributed by atoms with E-state index in [0.717, 1.165) is 57.8 Å². The molecule has 1 aromatic carbocycles. The van der Waals surface area contributed by atoms with E-state index in [1.54, 1.807) is 13.1 Å². The Morgan fingerprint density at radius 2 is 2.00 bits per heavy atom. The SMILES string of the molecule is CNC(=O)c1cccc(CNC(=O)N2CCCC[C@@H]2CN2CCOCC2)c1. The van der Waals surface area contributed by atoms with Crippen LogP contribution in [0.2, 0.25) is 0 Å². The highest BCUT2D eigenvalue weighted by molar-refractivity contribution is 5.94. The topological polar surface area (TPSA) is 73.9 Å². The van der Waals surface area contributed by atoms with Gasteiger partial charge in [0, 0.05) is 51.4 Å². The lowest BCUT2D eigenvalue weighted by molar-refractivity contribution is 0.0221. The Bertz CT molecular complexity index is 646. The number of rotatable bonds is 5. The molecule has 3 amide bonds. The number of urea groups is 1. The van der Waals surface area contributed by atoms with E-state index in [1.165, 1.54) is 6.42 Å².